The van der Waals surface area contributed by atoms with E-state index in [0.29, 0.717) is 18.9 Å². The van der Waals surface area contributed by atoms with Crippen LogP contribution in [0, 0.1) is 5.92 Å². The number of amides is 1. The molecule has 15 heavy (non-hydrogen) atoms. The Balaban J connectivity index is 1.93. The van der Waals surface area contributed by atoms with E-state index < -0.39 is 0 Å². The first-order valence-electron chi connectivity index (χ1n) is 6.14. The molecule has 0 aromatic rings. The fourth-order valence-corrected chi connectivity index (χ4v) is 1.97. The zero-order valence-corrected chi connectivity index (χ0v) is 10.4. The number of carbonyl (C=O) groups is 1. The summed E-state index contributed by atoms with van der Waals surface area (Å²) < 4.78 is 0. The molecule has 1 aliphatic carbocycles. The van der Waals surface area contributed by atoms with Crippen LogP contribution in [0.2, 0.25) is 0 Å². The first kappa shape index (κ1) is 12.8. The van der Waals surface area contributed by atoms with Gasteiger partial charge in [0.05, 0.1) is 5.38 Å². The topological polar surface area (TPSA) is 29.1 Å². The van der Waals surface area contributed by atoms with E-state index in [1.54, 1.807) is 0 Å². The highest BCUT2D eigenvalue weighted by Crippen LogP contribution is 2.35. The largest absolute Gasteiger partial charge is 0.355 e. The number of alkyl halides is 1. The zero-order valence-electron chi connectivity index (χ0n) is 9.60. The van der Waals surface area contributed by atoms with Gasteiger partial charge in [0.2, 0.25) is 5.91 Å². The van der Waals surface area contributed by atoms with Gasteiger partial charge in [-0.05, 0) is 25.2 Å². The fourth-order valence-electron chi connectivity index (χ4n) is 1.64. The molecule has 1 fully saturated rings. The summed E-state index contributed by atoms with van der Waals surface area (Å²) in [5.74, 6) is 0.824. The standard InChI is InChI=1S/C12H22ClNO/c1-2-3-4-5-6-12(15)14-9-11(13)10-7-8-10/h10-11H,2-9H2,1H3,(H,14,15). The Morgan fingerprint density at radius 2 is 2.13 bits per heavy atom. The summed E-state index contributed by atoms with van der Waals surface area (Å²) in [6, 6.07) is 0. The van der Waals surface area contributed by atoms with E-state index in [1.165, 1.54) is 25.7 Å². The number of hydrogen-bond donors (Lipinski definition) is 1. The molecule has 88 valence electrons. The summed E-state index contributed by atoms with van der Waals surface area (Å²) in [4.78, 5) is 11.4. The molecule has 1 unspecified atom stereocenters. The van der Waals surface area contributed by atoms with E-state index in [-0.39, 0.29) is 11.3 Å². The second-order valence-corrected chi connectivity index (χ2v) is 5.03. The Morgan fingerprint density at radius 1 is 1.40 bits per heavy atom. The van der Waals surface area contributed by atoms with E-state index in [0.717, 1.165) is 12.8 Å². The molecule has 1 N–H and O–H groups in total. The minimum atomic E-state index is 0.157. The maximum Gasteiger partial charge on any atom is 0.220 e. The molecule has 0 heterocycles. The van der Waals surface area contributed by atoms with Crippen LogP contribution in [0.1, 0.15) is 51.9 Å². The van der Waals surface area contributed by atoms with Gasteiger partial charge in [0, 0.05) is 13.0 Å². The second-order valence-electron chi connectivity index (χ2n) is 4.47. The summed E-state index contributed by atoms with van der Waals surface area (Å²) in [5, 5.41) is 3.07. The summed E-state index contributed by atoms with van der Waals surface area (Å²) >= 11 is 6.09. The van der Waals surface area contributed by atoms with Gasteiger partial charge >= 0.3 is 0 Å². The Kier molecular flexibility index (Phi) is 6.07. The molecule has 0 aromatic carbocycles. The third kappa shape index (κ3) is 6.03. The highest BCUT2D eigenvalue weighted by atomic mass is 35.5. The summed E-state index contributed by atoms with van der Waals surface area (Å²) in [5.41, 5.74) is 0. The van der Waals surface area contributed by atoms with Crippen molar-refractivity contribution in [2.75, 3.05) is 6.54 Å². The van der Waals surface area contributed by atoms with Gasteiger partial charge in [-0.2, -0.15) is 0 Å². The first-order valence-corrected chi connectivity index (χ1v) is 6.58. The average molecular weight is 232 g/mol. The van der Waals surface area contributed by atoms with Crippen LogP contribution < -0.4 is 5.32 Å². The lowest BCUT2D eigenvalue weighted by atomic mass is 10.1. The minimum Gasteiger partial charge on any atom is -0.355 e. The molecule has 0 radical (unpaired) electrons. The molecule has 1 atom stereocenters. The van der Waals surface area contributed by atoms with Crippen molar-refractivity contribution in [3.05, 3.63) is 0 Å². The van der Waals surface area contributed by atoms with Crippen LogP contribution in [0.3, 0.4) is 0 Å². The predicted molar refractivity (Wildman–Crippen MR) is 64.1 cm³/mol. The van der Waals surface area contributed by atoms with Crippen molar-refractivity contribution in [1.29, 1.82) is 0 Å². The van der Waals surface area contributed by atoms with Crippen molar-refractivity contribution >= 4 is 17.5 Å². The summed E-state index contributed by atoms with van der Waals surface area (Å²) in [6.45, 7) is 2.83. The van der Waals surface area contributed by atoms with Crippen LogP contribution in [0.15, 0.2) is 0 Å². The van der Waals surface area contributed by atoms with E-state index in [1.807, 2.05) is 0 Å². The smallest absolute Gasteiger partial charge is 0.220 e. The van der Waals surface area contributed by atoms with E-state index >= 15 is 0 Å². The van der Waals surface area contributed by atoms with Crippen LogP contribution in [0.4, 0.5) is 0 Å². The molecule has 1 saturated carbocycles. The van der Waals surface area contributed by atoms with Gasteiger partial charge in [-0.15, -0.1) is 11.6 Å². The Morgan fingerprint density at radius 3 is 2.73 bits per heavy atom. The molecule has 0 spiro atoms. The molecule has 1 rings (SSSR count). The second kappa shape index (κ2) is 7.10. The van der Waals surface area contributed by atoms with Crippen LogP contribution in [0.5, 0.6) is 0 Å². The monoisotopic (exact) mass is 231 g/mol. The van der Waals surface area contributed by atoms with Crippen molar-refractivity contribution in [2.24, 2.45) is 5.92 Å². The Labute approximate surface area is 97.8 Å². The summed E-state index contributed by atoms with van der Waals surface area (Å²) in [7, 11) is 0. The van der Waals surface area contributed by atoms with Crippen molar-refractivity contribution < 1.29 is 4.79 Å². The number of halogens is 1. The highest BCUT2D eigenvalue weighted by Gasteiger charge is 2.29. The number of hydrogen-bond acceptors (Lipinski definition) is 1. The number of nitrogens with one attached hydrogen (secondary N) is 1. The van der Waals surface area contributed by atoms with Crippen LogP contribution in [0.25, 0.3) is 0 Å². The zero-order chi connectivity index (χ0) is 11.1. The highest BCUT2D eigenvalue weighted by molar-refractivity contribution is 6.21. The lowest BCUT2D eigenvalue weighted by molar-refractivity contribution is -0.121. The maximum atomic E-state index is 11.4. The van der Waals surface area contributed by atoms with Gasteiger partial charge in [0.15, 0.2) is 0 Å². The van der Waals surface area contributed by atoms with Gasteiger partial charge in [-0.25, -0.2) is 0 Å². The van der Waals surface area contributed by atoms with Gasteiger partial charge in [-0.3, -0.25) is 4.79 Å². The van der Waals surface area contributed by atoms with Crippen molar-refractivity contribution in [3.8, 4) is 0 Å². The molecule has 1 amide bonds. The van der Waals surface area contributed by atoms with Crippen molar-refractivity contribution in [2.45, 2.75) is 57.2 Å². The molecule has 1 aliphatic rings. The Bertz CT molecular complexity index is 192. The number of unbranched alkanes of at least 4 members (excludes halogenated alkanes) is 3. The molecular formula is C12H22ClNO. The maximum absolute atomic E-state index is 11.4. The van der Waals surface area contributed by atoms with E-state index in [2.05, 4.69) is 12.2 Å². The lowest BCUT2D eigenvalue weighted by Crippen LogP contribution is -2.30. The van der Waals surface area contributed by atoms with Crippen molar-refractivity contribution in [1.82, 2.24) is 5.32 Å². The van der Waals surface area contributed by atoms with Gasteiger partial charge in [0.1, 0.15) is 0 Å². The molecule has 0 bridgehead atoms. The SMILES string of the molecule is CCCCCCC(=O)NCC(Cl)C1CC1. The third-order valence-corrected chi connectivity index (χ3v) is 3.40. The molecule has 0 aliphatic heterocycles. The van der Waals surface area contributed by atoms with Crippen LogP contribution >= 0.6 is 11.6 Å². The molecule has 3 heteroatoms. The first-order chi connectivity index (χ1) is 7.24. The average Bonchev–Trinajstić information content (AvgIpc) is 3.04. The molecule has 0 saturated heterocycles. The molecule has 2 nitrogen and oxygen atoms in total. The Hall–Kier alpha value is -0.240. The van der Waals surface area contributed by atoms with Crippen LogP contribution in [-0.4, -0.2) is 17.8 Å². The quantitative estimate of drug-likeness (QED) is 0.505. The fraction of sp³-hybridized carbons (Fsp3) is 0.917. The van der Waals surface area contributed by atoms with Crippen LogP contribution in [-0.2, 0) is 4.79 Å². The third-order valence-electron chi connectivity index (χ3n) is 2.89. The van der Waals surface area contributed by atoms with E-state index in [4.69, 9.17) is 11.6 Å². The summed E-state index contributed by atoms with van der Waals surface area (Å²) in [6.07, 6.45) is 7.75. The van der Waals surface area contributed by atoms with Gasteiger partial charge in [-0.1, -0.05) is 26.2 Å². The predicted octanol–water partition coefficient (Wildman–Crippen LogP) is 3.09. The lowest BCUT2D eigenvalue weighted by Gasteiger charge is -2.09. The normalized spacial score (nSPS) is 17.5. The number of carbonyl (C=O) groups excluding carboxylic acids is 1. The van der Waals surface area contributed by atoms with E-state index in [9.17, 15) is 4.79 Å². The van der Waals surface area contributed by atoms with Gasteiger partial charge in [0.25, 0.3) is 0 Å². The van der Waals surface area contributed by atoms with Crippen molar-refractivity contribution in [3.63, 3.8) is 0 Å². The van der Waals surface area contributed by atoms with Gasteiger partial charge < -0.3 is 5.32 Å². The minimum absolute atomic E-state index is 0.157. The number of rotatable bonds is 8. The molecule has 0 aromatic heterocycles. The molecular weight excluding hydrogens is 210 g/mol.